The van der Waals surface area contributed by atoms with Gasteiger partial charge in [-0.1, -0.05) is 5.92 Å². The topological polar surface area (TPSA) is 92.9 Å². The van der Waals surface area contributed by atoms with E-state index in [0.717, 1.165) is 4.57 Å². The van der Waals surface area contributed by atoms with Crippen LogP contribution in [0.3, 0.4) is 0 Å². The maximum Gasteiger partial charge on any atom is 0.329 e. The first-order valence-corrected chi connectivity index (χ1v) is 4.63. The molecule has 0 atom stereocenters. The van der Waals surface area contributed by atoms with E-state index in [-0.39, 0.29) is 11.5 Å². The average Bonchev–Trinajstić information content (AvgIpc) is 2.21. The SMILES string of the molecule is C#CC(C)(C)Nc1c(N)n(C)c(=O)[nH]c1=O. The summed E-state index contributed by atoms with van der Waals surface area (Å²) in [6.45, 7) is 3.44. The number of aromatic amines is 1. The molecule has 1 rings (SSSR count). The summed E-state index contributed by atoms with van der Waals surface area (Å²) in [5.41, 5.74) is 3.89. The molecule has 0 saturated carbocycles. The number of nitrogens with two attached hydrogens (primary N) is 1. The summed E-state index contributed by atoms with van der Waals surface area (Å²) in [6, 6.07) is 0. The third kappa shape index (κ3) is 2.08. The molecule has 16 heavy (non-hydrogen) atoms. The molecule has 0 saturated heterocycles. The van der Waals surface area contributed by atoms with Gasteiger partial charge in [-0.3, -0.25) is 14.3 Å². The largest absolute Gasteiger partial charge is 0.383 e. The van der Waals surface area contributed by atoms with Gasteiger partial charge in [0, 0.05) is 7.05 Å². The van der Waals surface area contributed by atoms with E-state index in [9.17, 15) is 9.59 Å². The molecule has 0 aliphatic carbocycles. The Morgan fingerprint density at radius 2 is 2.06 bits per heavy atom. The number of anilines is 2. The van der Waals surface area contributed by atoms with Crippen LogP contribution in [0.5, 0.6) is 0 Å². The maximum atomic E-state index is 11.5. The van der Waals surface area contributed by atoms with E-state index >= 15 is 0 Å². The molecule has 1 heterocycles. The number of nitrogens with one attached hydrogen (secondary N) is 2. The van der Waals surface area contributed by atoms with Crippen LogP contribution in [0.15, 0.2) is 9.59 Å². The second kappa shape index (κ2) is 3.77. The Balaban J connectivity index is 3.38. The van der Waals surface area contributed by atoms with Crippen molar-refractivity contribution in [3.63, 3.8) is 0 Å². The van der Waals surface area contributed by atoms with Crippen LogP contribution in [0.1, 0.15) is 13.8 Å². The van der Waals surface area contributed by atoms with Crippen LogP contribution >= 0.6 is 0 Å². The minimum Gasteiger partial charge on any atom is -0.383 e. The molecular weight excluding hydrogens is 208 g/mol. The molecule has 4 N–H and O–H groups in total. The Bertz CT molecular complexity index is 560. The van der Waals surface area contributed by atoms with E-state index in [1.54, 1.807) is 13.8 Å². The molecule has 1 aromatic heterocycles. The van der Waals surface area contributed by atoms with Crippen LogP contribution in [0.4, 0.5) is 11.5 Å². The zero-order valence-electron chi connectivity index (χ0n) is 9.42. The van der Waals surface area contributed by atoms with Crippen molar-refractivity contribution in [3.05, 3.63) is 20.8 Å². The van der Waals surface area contributed by atoms with Crippen molar-refractivity contribution in [1.29, 1.82) is 0 Å². The van der Waals surface area contributed by atoms with Crippen molar-refractivity contribution >= 4 is 11.5 Å². The maximum absolute atomic E-state index is 11.5. The van der Waals surface area contributed by atoms with Crippen LogP contribution in [0, 0.1) is 12.3 Å². The number of rotatable bonds is 2. The summed E-state index contributed by atoms with van der Waals surface area (Å²) in [6.07, 6.45) is 5.29. The molecule has 0 aliphatic rings. The Labute approximate surface area is 92.5 Å². The van der Waals surface area contributed by atoms with E-state index in [2.05, 4.69) is 16.2 Å². The van der Waals surface area contributed by atoms with E-state index in [4.69, 9.17) is 12.2 Å². The number of nitrogens with zero attached hydrogens (tertiary/aromatic N) is 1. The van der Waals surface area contributed by atoms with Crippen molar-refractivity contribution in [2.75, 3.05) is 11.1 Å². The number of nitrogen functional groups attached to an aromatic ring is 1. The summed E-state index contributed by atoms with van der Waals surface area (Å²) in [7, 11) is 1.46. The van der Waals surface area contributed by atoms with Crippen LogP contribution in [-0.2, 0) is 7.05 Å². The number of terminal acetylenes is 1. The number of hydrogen-bond acceptors (Lipinski definition) is 4. The average molecular weight is 222 g/mol. The Morgan fingerprint density at radius 1 is 1.50 bits per heavy atom. The van der Waals surface area contributed by atoms with Crippen molar-refractivity contribution in [3.8, 4) is 12.3 Å². The van der Waals surface area contributed by atoms with Gasteiger partial charge >= 0.3 is 5.69 Å². The highest BCUT2D eigenvalue weighted by molar-refractivity contribution is 5.62. The monoisotopic (exact) mass is 222 g/mol. The van der Waals surface area contributed by atoms with Crippen molar-refractivity contribution in [2.24, 2.45) is 7.05 Å². The van der Waals surface area contributed by atoms with Crippen molar-refractivity contribution < 1.29 is 0 Å². The molecule has 0 aliphatic heterocycles. The third-order valence-electron chi connectivity index (χ3n) is 2.17. The number of hydrogen-bond donors (Lipinski definition) is 3. The van der Waals surface area contributed by atoms with E-state index in [1.807, 2.05) is 0 Å². The van der Waals surface area contributed by atoms with Gasteiger partial charge in [0.05, 0.1) is 5.54 Å². The van der Waals surface area contributed by atoms with Gasteiger partial charge in [0.2, 0.25) is 0 Å². The van der Waals surface area contributed by atoms with Crippen LogP contribution in [-0.4, -0.2) is 15.1 Å². The third-order valence-corrected chi connectivity index (χ3v) is 2.17. The van der Waals surface area contributed by atoms with Gasteiger partial charge in [0.25, 0.3) is 5.56 Å². The summed E-state index contributed by atoms with van der Waals surface area (Å²) in [4.78, 5) is 24.9. The van der Waals surface area contributed by atoms with E-state index in [0.29, 0.717) is 0 Å². The lowest BCUT2D eigenvalue weighted by molar-refractivity contribution is 0.729. The second-order valence-corrected chi connectivity index (χ2v) is 3.97. The molecule has 0 radical (unpaired) electrons. The zero-order chi connectivity index (χ0) is 12.5. The van der Waals surface area contributed by atoms with Gasteiger partial charge in [-0.25, -0.2) is 4.79 Å². The van der Waals surface area contributed by atoms with Crippen molar-refractivity contribution in [2.45, 2.75) is 19.4 Å². The first-order chi connectivity index (χ1) is 7.28. The predicted molar refractivity (Wildman–Crippen MR) is 63.3 cm³/mol. The summed E-state index contributed by atoms with van der Waals surface area (Å²) < 4.78 is 1.14. The number of H-pyrrole nitrogens is 1. The van der Waals surface area contributed by atoms with Gasteiger partial charge in [-0.2, -0.15) is 0 Å². The smallest absolute Gasteiger partial charge is 0.329 e. The fraction of sp³-hybridized carbons (Fsp3) is 0.400. The lowest BCUT2D eigenvalue weighted by Crippen LogP contribution is -2.37. The molecule has 6 heteroatoms. The fourth-order valence-electron chi connectivity index (χ4n) is 1.11. The Kier molecular flexibility index (Phi) is 2.81. The molecular formula is C10H14N4O2. The standard InChI is InChI=1S/C10H14N4O2/c1-5-10(2,3)13-6-7(11)14(4)9(16)12-8(6)15/h1,13H,11H2,2-4H3,(H,12,15,16). The molecule has 0 bridgehead atoms. The second-order valence-electron chi connectivity index (χ2n) is 3.97. The van der Waals surface area contributed by atoms with Crippen LogP contribution in [0.25, 0.3) is 0 Å². The molecule has 0 spiro atoms. The molecule has 0 aromatic carbocycles. The first-order valence-electron chi connectivity index (χ1n) is 4.63. The number of aromatic nitrogens is 2. The van der Waals surface area contributed by atoms with Crippen LogP contribution < -0.4 is 22.3 Å². The Morgan fingerprint density at radius 3 is 2.56 bits per heavy atom. The zero-order valence-corrected chi connectivity index (χ0v) is 9.42. The molecule has 0 amide bonds. The van der Waals surface area contributed by atoms with Gasteiger partial charge in [0.15, 0.2) is 0 Å². The lowest BCUT2D eigenvalue weighted by Gasteiger charge is -2.21. The highest BCUT2D eigenvalue weighted by Gasteiger charge is 2.18. The Hall–Kier alpha value is -2.16. The highest BCUT2D eigenvalue weighted by atomic mass is 16.2. The molecule has 6 nitrogen and oxygen atoms in total. The van der Waals surface area contributed by atoms with Gasteiger partial charge < -0.3 is 11.1 Å². The normalized spacial score (nSPS) is 10.9. The summed E-state index contributed by atoms with van der Waals surface area (Å²) in [5.74, 6) is 2.52. The molecule has 86 valence electrons. The highest BCUT2D eigenvalue weighted by Crippen LogP contribution is 2.14. The van der Waals surface area contributed by atoms with Gasteiger partial charge in [-0.05, 0) is 13.8 Å². The molecule has 1 aromatic rings. The molecule has 0 unspecified atom stereocenters. The van der Waals surface area contributed by atoms with E-state index in [1.165, 1.54) is 7.05 Å². The minimum absolute atomic E-state index is 0.0528. The summed E-state index contributed by atoms with van der Waals surface area (Å²) in [5, 5.41) is 2.81. The van der Waals surface area contributed by atoms with Crippen molar-refractivity contribution in [1.82, 2.24) is 9.55 Å². The predicted octanol–water partition coefficient (Wildman–Crippen LogP) is -0.520. The van der Waals surface area contributed by atoms with E-state index < -0.39 is 16.8 Å². The van der Waals surface area contributed by atoms with Gasteiger partial charge in [0.1, 0.15) is 11.5 Å². The fourth-order valence-corrected chi connectivity index (χ4v) is 1.11. The quantitative estimate of drug-likeness (QED) is 0.587. The minimum atomic E-state index is -0.724. The van der Waals surface area contributed by atoms with Gasteiger partial charge in [-0.15, -0.1) is 6.42 Å². The summed E-state index contributed by atoms with van der Waals surface area (Å²) >= 11 is 0. The van der Waals surface area contributed by atoms with Crippen LogP contribution in [0.2, 0.25) is 0 Å². The lowest BCUT2D eigenvalue weighted by atomic mass is 10.1. The first kappa shape index (κ1) is 11.9. The molecule has 0 fully saturated rings.